The molecule has 2 aromatic rings. The molecule has 10 heteroatoms. The van der Waals surface area contributed by atoms with E-state index in [2.05, 4.69) is 35.8 Å². The Morgan fingerprint density at radius 2 is 2.05 bits per heavy atom. The normalized spacial score (nSPS) is 11.6. The number of halogens is 1. The molecule has 0 aliphatic carbocycles. The molecule has 0 amide bonds. The molecule has 20 heavy (non-hydrogen) atoms. The summed E-state index contributed by atoms with van der Waals surface area (Å²) in [5, 5.41) is 16.4. The summed E-state index contributed by atoms with van der Waals surface area (Å²) in [4.78, 5) is 3.83. The van der Waals surface area contributed by atoms with E-state index >= 15 is 0 Å². The first-order valence-electron chi connectivity index (χ1n) is 5.43. The van der Waals surface area contributed by atoms with Gasteiger partial charge in [-0.2, -0.15) is 5.10 Å². The molecule has 2 rings (SSSR count). The zero-order chi connectivity index (χ0) is 14.9. The summed E-state index contributed by atoms with van der Waals surface area (Å²) < 4.78 is 31.5. The van der Waals surface area contributed by atoms with E-state index in [1.807, 2.05) is 0 Å². The van der Waals surface area contributed by atoms with Crippen LogP contribution in [0.3, 0.4) is 0 Å². The molecule has 2 N–H and O–H groups in total. The van der Waals surface area contributed by atoms with Crippen molar-refractivity contribution in [1.29, 1.82) is 0 Å². The lowest BCUT2D eigenvalue weighted by Gasteiger charge is -2.05. The molecule has 2 heterocycles. The summed E-state index contributed by atoms with van der Waals surface area (Å²) in [7, 11) is -3.93. The van der Waals surface area contributed by atoms with Crippen LogP contribution in [0.2, 0.25) is 0 Å². The molecule has 108 valence electrons. The molecule has 0 spiro atoms. The number of aryl methyl sites for hydroxylation is 2. The lowest BCUT2D eigenvalue weighted by molar-refractivity contribution is 0.245. The first-order valence-corrected chi connectivity index (χ1v) is 7.71. The van der Waals surface area contributed by atoms with Crippen molar-refractivity contribution in [2.24, 2.45) is 0 Å². The van der Waals surface area contributed by atoms with Gasteiger partial charge in [0.25, 0.3) is 16.0 Å². The van der Waals surface area contributed by atoms with Crippen LogP contribution in [0.5, 0.6) is 0 Å². The van der Waals surface area contributed by atoms with Crippen molar-refractivity contribution in [3.63, 3.8) is 0 Å². The molecule has 0 aliphatic heterocycles. The van der Waals surface area contributed by atoms with Gasteiger partial charge in [-0.05, 0) is 29.8 Å². The molecular weight excluding hydrogens is 352 g/mol. The van der Waals surface area contributed by atoms with Gasteiger partial charge in [-0.3, -0.25) is 0 Å². The molecule has 8 nitrogen and oxygen atoms in total. The Morgan fingerprint density at radius 3 is 2.60 bits per heavy atom. The molecule has 0 aromatic carbocycles. The number of nitrogens with one attached hydrogen (secondary N) is 1. The SMILES string of the molecule is Cc1nnc(NS(=O)(=O)c2cc(CO)oc2Br)nc1C. The Morgan fingerprint density at radius 1 is 1.35 bits per heavy atom. The number of rotatable bonds is 4. The maximum Gasteiger partial charge on any atom is 0.268 e. The van der Waals surface area contributed by atoms with Crippen molar-refractivity contribution in [2.45, 2.75) is 25.3 Å². The Kier molecular flexibility index (Phi) is 4.06. The number of anilines is 1. The summed E-state index contributed by atoms with van der Waals surface area (Å²) in [6.07, 6.45) is 0. The van der Waals surface area contributed by atoms with Gasteiger partial charge in [0.1, 0.15) is 17.3 Å². The van der Waals surface area contributed by atoms with Crippen LogP contribution in [0.4, 0.5) is 5.95 Å². The van der Waals surface area contributed by atoms with Crippen molar-refractivity contribution in [1.82, 2.24) is 15.2 Å². The van der Waals surface area contributed by atoms with Gasteiger partial charge in [0.15, 0.2) is 4.67 Å². The summed E-state index contributed by atoms with van der Waals surface area (Å²) in [5.41, 5.74) is 1.18. The molecule has 0 radical (unpaired) electrons. The van der Waals surface area contributed by atoms with Crippen molar-refractivity contribution in [3.8, 4) is 0 Å². The van der Waals surface area contributed by atoms with E-state index in [-0.39, 0.29) is 21.3 Å². The number of aromatic nitrogens is 3. The molecule has 0 unspecified atom stereocenters. The highest BCUT2D eigenvalue weighted by Crippen LogP contribution is 2.27. The predicted octanol–water partition coefficient (Wildman–Crippen LogP) is 1.14. The van der Waals surface area contributed by atoms with Crippen LogP contribution in [-0.4, -0.2) is 28.7 Å². The molecule has 0 atom stereocenters. The van der Waals surface area contributed by atoms with Crippen molar-refractivity contribution < 1.29 is 17.9 Å². The van der Waals surface area contributed by atoms with E-state index in [4.69, 9.17) is 9.52 Å². The van der Waals surface area contributed by atoms with Gasteiger partial charge in [-0.1, -0.05) is 0 Å². The average Bonchev–Trinajstić information content (AvgIpc) is 2.76. The number of sulfonamides is 1. The van der Waals surface area contributed by atoms with Crippen LogP contribution < -0.4 is 4.72 Å². The second-order valence-corrected chi connectivity index (χ2v) is 6.29. The second-order valence-electron chi connectivity index (χ2n) is 3.92. The minimum absolute atomic E-state index is 0.00848. The maximum absolute atomic E-state index is 12.2. The molecule has 0 bridgehead atoms. The molecule has 0 saturated carbocycles. The fourth-order valence-corrected chi connectivity index (χ4v) is 3.27. The minimum atomic E-state index is -3.93. The zero-order valence-electron chi connectivity index (χ0n) is 10.6. The van der Waals surface area contributed by atoms with Gasteiger partial charge in [0.05, 0.1) is 11.4 Å². The number of hydrogen-bond acceptors (Lipinski definition) is 7. The lowest BCUT2D eigenvalue weighted by Crippen LogP contribution is -2.16. The van der Waals surface area contributed by atoms with E-state index in [1.54, 1.807) is 13.8 Å². The van der Waals surface area contributed by atoms with Gasteiger partial charge in [-0.15, -0.1) is 5.10 Å². The van der Waals surface area contributed by atoms with Gasteiger partial charge in [-0.25, -0.2) is 18.1 Å². The van der Waals surface area contributed by atoms with E-state index in [0.29, 0.717) is 11.4 Å². The van der Waals surface area contributed by atoms with Crippen LogP contribution in [0.25, 0.3) is 0 Å². The number of aliphatic hydroxyl groups is 1. The lowest BCUT2D eigenvalue weighted by atomic mass is 10.4. The van der Waals surface area contributed by atoms with Gasteiger partial charge >= 0.3 is 0 Å². The highest BCUT2D eigenvalue weighted by molar-refractivity contribution is 9.10. The Bertz CT molecular complexity index is 744. The Hall–Kier alpha value is -1.52. The first kappa shape index (κ1) is 14.9. The topological polar surface area (TPSA) is 118 Å². The number of hydrogen-bond donors (Lipinski definition) is 2. The van der Waals surface area contributed by atoms with Gasteiger partial charge in [0, 0.05) is 6.07 Å². The average molecular weight is 363 g/mol. The third kappa shape index (κ3) is 2.97. The largest absolute Gasteiger partial charge is 0.450 e. The maximum atomic E-state index is 12.2. The van der Waals surface area contributed by atoms with E-state index in [1.165, 1.54) is 6.07 Å². The quantitative estimate of drug-likeness (QED) is 0.836. The number of aliphatic hydroxyl groups excluding tert-OH is 1. The first-order chi connectivity index (χ1) is 9.33. The van der Waals surface area contributed by atoms with Gasteiger partial charge < -0.3 is 9.52 Å². The van der Waals surface area contributed by atoms with Crippen LogP contribution in [0, 0.1) is 13.8 Å². The van der Waals surface area contributed by atoms with Crippen LogP contribution in [0.15, 0.2) is 20.0 Å². The Labute approximate surface area is 123 Å². The summed E-state index contributed by atoms with van der Waals surface area (Å²) in [6, 6.07) is 1.21. The van der Waals surface area contributed by atoms with Crippen molar-refractivity contribution in [2.75, 3.05) is 4.72 Å². The van der Waals surface area contributed by atoms with Crippen LogP contribution in [-0.2, 0) is 16.6 Å². The van der Waals surface area contributed by atoms with Crippen LogP contribution >= 0.6 is 15.9 Å². The molecule has 0 fully saturated rings. The van der Waals surface area contributed by atoms with E-state index in [9.17, 15) is 8.42 Å². The smallest absolute Gasteiger partial charge is 0.268 e. The fraction of sp³-hybridized carbons (Fsp3) is 0.300. The molecular formula is C10H11BrN4O4S. The van der Waals surface area contributed by atoms with E-state index < -0.39 is 16.6 Å². The predicted molar refractivity (Wildman–Crippen MR) is 72.4 cm³/mol. The van der Waals surface area contributed by atoms with Crippen molar-refractivity contribution in [3.05, 3.63) is 27.9 Å². The number of furan rings is 1. The zero-order valence-corrected chi connectivity index (χ0v) is 13.0. The summed E-state index contributed by atoms with van der Waals surface area (Å²) in [5.74, 6) is -0.0110. The molecule has 0 saturated heterocycles. The van der Waals surface area contributed by atoms with Gasteiger partial charge in [0.2, 0.25) is 0 Å². The molecule has 0 aliphatic rings. The monoisotopic (exact) mass is 362 g/mol. The summed E-state index contributed by atoms with van der Waals surface area (Å²) in [6.45, 7) is 3.00. The second kappa shape index (κ2) is 5.46. The Balaban J connectivity index is 2.35. The minimum Gasteiger partial charge on any atom is -0.450 e. The standard InChI is InChI=1S/C10H11BrN4O4S/c1-5-6(2)13-14-10(12-5)15-20(17,18)8-3-7(4-16)19-9(8)11/h3,16H,4H2,1-2H3,(H,12,14,15). The third-order valence-corrected chi connectivity index (χ3v) is 4.65. The summed E-state index contributed by atoms with van der Waals surface area (Å²) >= 11 is 2.98. The third-order valence-electron chi connectivity index (χ3n) is 2.47. The molecule has 2 aromatic heterocycles. The van der Waals surface area contributed by atoms with Crippen LogP contribution in [0.1, 0.15) is 17.1 Å². The highest BCUT2D eigenvalue weighted by atomic mass is 79.9. The highest BCUT2D eigenvalue weighted by Gasteiger charge is 2.23. The number of nitrogens with zero attached hydrogens (tertiary/aromatic N) is 3. The van der Waals surface area contributed by atoms with E-state index in [0.717, 1.165) is 0 Å². The van der Waals surface area contributed by atoms with Crippen molar-refractivity contribution >= 4 is 31.9 Å². The fourth-order valence-electron chi connectivity index (χ4n) is 1.33.